The quantitative estimate of drug-likeness (QED) is 0.838. The van der Waals surface area contributed by atoms with E-state index in [1.165, 1.54) is 12.8 Å². The average Bonchev–Trinajstić information content (AvgIpc) is 2.38. The van der Waals surface area contributed by atoms with Crippen LogP contribution in [-0.2, 0) is 0 Å². The van der Waals surface area contributed by atoms with Crippen molar-refractivity contribution in [1.29, 1.82) is 0 Å². The summed E-state index contributed by atoms with van der Waals surface area (Å²) < 4.78 is 0. The lowest BCUT2D eigenvalue weighted by Crippen LogP contribution is -2.59. The molecule has 1 saturated carbocycles. The third-order valence-corrected chi connectivity index (χ3v) is 4.48. The van der Waals surface area contributed by atoms with Crippen LogP contribution in [0.5, 0.6) is 0 Å². The van der Waals surface area contributed by atoms with Gasteiger partial charge in [-0.15, -0.1) is 0 Å². The molecule has 0 aliphatic heterocycles. The van der Waals surface area contributed by atoms with E-state index in [1.54, 1.807) is 0 Å². The fraction of sp³-hybridized carbons (Fsp3) is 0.929. The summed E-state index contributed by atoms with van der Waals surface area (Å²) in [6.07, 6.45) is 4.51. The van der Waals surface area contributed by atoms with E-state index in [4.69, 9.17) is 5.73 Å². The first-order valence-electron chi connectivity index (χ1n) is 7.23. The van der Waals surface area contributed by atoms with Crippen molar-refractivity contribution in [2.75, 3.05) is 26.7 Å². The second-order valence-electron chi connectivity index (χ2n) is 5.64. The van der Waals surface area contributed by atoms with E-state index in [0.717, 1.165) is 25.9 Å². The molecule has 1 aliphatic rings. The molecular weight excluding hydrogens is 226 g/mol. The molecule has 0 aromatic carbocycles. The van der Waals surface area contributed by atoms with Gasteiger partial charge >= 0.3 is 6.03 Å². The Labute approximate surface area is 111 Å². The maximum atomic E-state index is 12.5. The number of nitrogens with two attached hydrogens (primary N) is 1. The maximum Gasteiger partial charge on any atom is 0.320 e. The number of amides is 2. The molecule has 0 aromatic heterocycles. The minimum absolute atomic E-state index is 0.125. The summed E-state index contributed by atoms with van der Waals surface area (Å²) in [6.45, 7) is 8.40. The largest absolute Gasteiger partial charge is 0.328 e. The fourth-order valence-electron chi connectivity index (χ4n) is 3.17. The summed E-state index contributed by atoms with van der Waals surface area (Å²) in [5.41, 5.74) is 5.88. The van der Waals surface area contributed by atoms with Crippen LogP contribution in [-0.4, -0.2) is 48.1 Å². The zero-order valence-electron chi connectivity index (χ0n) is 12.4. The number of hydrogen-bond acceptors (Lipinski definition) is 2. The lowest BCUT2D eigenvalue weighted by atomic mass is 9.75. The third kappa shape index (κ3) is 2.97. The summed E-state index contributed by atoms with van der Waals surface area (Å²) in [4.78, 5) is 16.3. The van der Waals surface area contributed by atoms with Crippen molar-refractivity contribution in [3.63, 3.8) is 0 Å². The molecule has 1 aliphatic carbocycles. The molecule has 2 N–H and O–H groups in total. The number of nitrogens with zero attached hydrogens (tertiary/aromatic N) is 2. The minimum atomic E-state index is -0.128. The van der Waals surface area contributed by atoms with Crippen LogP contribution in [0, 0.1) is 5.92 Å². The number of carbonyl (C=O) groups is 1. The molecular formula is C14H29N3O. The van der Waals surface area contributed by atoms with Crippen molar-refractivity contribution in [2.45, 2.75) is 52.0 Å². The molecule has 0 bridgehead atoms. The van der Waals surface area contributed by atoms with Gasteiger partial charge in [0.25, 0.3) is 0 Å². The van der Waals surface area contributed by atoms with Crippen LogP contribution in [0.15, 0.2) is 0 Å². The number of hydrogen-bond donors (Lipinski definition) is 1. The molecule has 1 fully saturated rings. The lowest BCUT2D eigenvalue weighted by Gasteiger charge is -2.47. The second-order valence-corrected chi connectivity index (χ2v) is 5.64. The fourth-order valence-corrected chi connectivity index (χ4v) is 3.17. The average molecular weight is 255 g/mol. The summed E-state index contributed by atoms with van der Waals surface area (Å²) >= 11 is 0. The van der Waals surface area contributed by atoms with Crippen molar-refractivity contribution in [2.24, 2.45) is 11.7 Å². The predicted octanol–water partition coefficient (Wildman–Crippen LogP) is 2.29. The van der Waals surface area contributed by atoms with Crippen molar-refractivity contribution in [1.82, 2.24) is 9.80 Å². The van der Waals surface area contributed by atoms with Gasteiger partial charge in [0.15, 0.2) is 0 Å². The van der Waals surface area contributed by atoms with Gasteiger partial charge in [-0.25, -0.2) is 4.79 Å². The summed E-state index contributed by atoms with van der Waals surface area (Å²) in [7, 11) is 1.92. The number of carbonyl (C=O) groups excluding carboxylic acids is 1. The van der Waals surface area contributed by atoms with Gasteiger partial charge in [0.1, 0.15) is 0 Å². The van der Waals surface area contributed by atoms with Gasteiger partial charge in [-0.05, 0) is 32.6 Å². The van der Waals surface area contributed by atoms with Gasteiger partial charge in [-0.2, -0.15) is 0 Å². The van der Waals surface area contributed by atoms with Gasteiger partial charge in [0.05, 0.1) is 5.54 Å². The highest BCUT2D eigenvalue weighted by Gasteiger charge is 2.40. The molecule has 2 amide bonds. The Balaban J connectivity index is 2.83. The first-order chi connectivity index (χ1) is 8.50. The van der Waals surface area contributed by atoms with E-state index in [0.29, 0.717) is 12.5 Å². The van der Waals surface area contributed by atoms with Crippen LogP contribution in [0.1, 0.15) is 46.5 Å². The maximum absolute atomic E-state index is 12.5. The normalized spacial score (nSPS) is 27.9. The van der Waals surface area contributed by atoms with Gasteiger partial charge in [0, 0.05) is 26.7 Å². The molecule has 2 atom stereocenters. The van der Waals surface area contributed by atoms with Gasteiger partial charge in [-0.1, -0.05) is 19.8 Å². The van der Waals surface area contributed by atoms with Crippen LogP contribution in [0.25, 0.3) is 0 Å². The standard InChI is InChI=1S/C14H29N3O/c1-5-17(6-2)13(18)16(4)14(11-15)9-7-8-12(3)10-14/h12H,5-11,15H2,1-4H3. The van der Waals surface area contributed by atoms with Crippen molar-refractivity contribution < 1.29 is 4.79 Å². The van der Waals surface area contributed by atoms with Crippen molar-refractivity contribution >= 4 is 6.03 Å². The molecule has 1 rings (SSSR count). The monoisotopic (exact) mass is 255 g/mol. The number of urea groups is 1. The Morgan fingerprint density at radius 3 is 2.44 bits per heavy atom. The first kappa shape index (κ1) is 15.3. The lowest BCUT2D eigenvalue weighted by molar-refractivity contribution is 0.0666. The highest BCUT2D eigenvalue weighted by atomic mass is 16.2. The number of rotatable bonds is 4. The SMILES string of the molecule is CCN(CC)C(=O)N(C)C1(CN)CCCC(C)C1. The third-order valence-electron chi connectivity index (χ3n) is 4.48. The minimum Gasteiger partial charge on any atom is -0.328 e. The molecule has 0 spiro atoms. The Morgan fingerprint density at radius 2 is 2.00 bits per heavy atom. The highest BCUT2D eigenvalue weighted by Crippen LogP contribution is 2.36. The van der Waals surface area contributed by atoms with E-state index in [2.05, 4.69) is 6.92 Å². The zero-order valence-corrected chi connectivity index (χ0v) is 12.4. The smallest absolute Gasteiger partial charge is 0.320 e. The molecule has 0 aromatic rings. The Hall–Kier alpha value is -0.770. The summed E-state index contributed by atoms with van der Waals surface area (Å²) in [6, 6.07) is 0.125. The van der Waals surface area contributed by atoms with E-state index < -0.39 is 0 Å². The highest BCUT2D eigenvalue weighted by molar-refractivity contribution is 5.75. The Morgan fingerprint density at radius 1 is 1.39 bits per heavy atom. The van der Waals surface area contributed by atoms with E-state index >= 15 is 0 Å². The van der Waals surface area contributed by atoms with Crippen molar-refractivity contribution in [3.8, 4) is 0 Å². The first-order valence-corrected chi connectivity index (χ1v) is 7.23. The molecule has 18 heavy (non-hydrogen) atoms. The van der Waals surface area contributed by atoms with Gasteiger partial charge in [-0.3, -0.25) is 0 Å². The van der Waals surface area contributed by atoms with Crippen LogP contribution >= 0.6 is 0 Å². The molecule has 106 valence electrons. The van der Waals surface area contributed by atoms with Crippen molar-refractivity contribution in [3.05, 3.63) is 0 Å². The van der Waals surface area contributed by atoms with Crippen LogP contribution in [0.3, 0.4) is 0 Å². The second kappa shape index (κ2) is 6.41. The predicted molar refractivity (Wildman–Crippen MR) is 75.5 cm³/mol. The van der Waals surface area contributed by atoms with Gasteiger partial charge < -0.3 is 15.5 Å². The summed E-state index contributed by atoms with van der Waals surface area (Å²) in [5, 5.41) is 0. The molecule has 0 saturated heterocycles. The Bertz CT molecular complexity index is 278. The molecule has 0 radical (unpaired) electrons. The van der Waals surface area contributed by atoms with Crippen LogP contribution in [0.2, 0.25) is 0 Å². The molecule has 4 nitrogen and oxygen atoms in total. The van der Waals surface area contributed by atoms with Crippen LogP contribution in [0.4, 0.5) is 4.79 Å². The topological polar surface area (TPSA) is 49.6 Å². The Kier molecular flexibility index (Phi) is 5.45. The zero-order chi connectivity index (χ0) is 13.8. The molecule has 2 unspecified atom stereocenters. The van der Waals surface area contributed by atoms with E-state index in [1.807, 2.05) is 30.7 Å². The molecule has 4 heteroatoms. The summed E-state index contributed by atoms with van der Waals surface area (Å²) in [5.74, 6) is 0.661. The van der Waals surface area contributed by atoms with E-state index in [9.17, 15) is 4.79 Å². The van der Waals surface area contributed by atoms with Gasteiger partial charge in [0.2, 0.25) is 0 Å². The van der Waals surface area contributed by atoms with Crippen LogP contribution < -0.4 is 5.73 Å². The van der Waals surface area contributed by atoms with E-state index in [-0.39, 0.29) is 11.6 Å². The number of likely N-dealkylation sites (N-methyl/N-ethyl adjacent to an activating group) is 1. The molecule has 0 heterocycles.